The predicted octanol–water partition coefficient (Wildman–Crippen LogP) is 1.69. The van der Waals surface area contributed by atoms with Crippen LogP contribution in [-0.4, -0.2) is 17.8 Å². The van der Waals surface area contributed by atoms with Gasteiger partial charge in [0.25, 0.3) is 0 Å². The Labute approximate surface area is 75.9 Å². The van der Waals surface area contributed by atoms with Gasteiger partial charge in [-0.15, -0.1) is 0 Å². The number of rotatable bonds is 4. The molecule has 0 heterocycles. The summed E-state index contributed by atoms with van der Waals surface area (Å²) in [6.07, 6.45) is 5.28. The molecule has 0 saturated heterocycles. The van der Waals surface area contributed by atoms with Crippen molar-refractivity contribution in [3.8, 4) is 0 Å². The van der Waals surface area contributed by atoms with Crippen molar-refractivity contribution in [1.82, 2.24) is 5.32 Å². The van der Waals surface area contributed by atoms with Crippen LogP contribution in [0.5, 0.6) is 0 Å². The fourth-order valence-corrected chi connectivity index (χ4v) is 1.44. The zero-order valence-electron chi connectivity index (χ0n) is 6.61. The monoisotopic (exact) mass is 219 g/mol. The lowest BCUT2D eigenvalue weighted by Gasteiger charge is -2.24. The molecule has 0 atom stereocenters. The van der Waals surface area contributed by atoms with E-state index >= 15 is 0 Å². The summed E-state index contributed by atoms with van der Waals surface area (Å²) in [7, 11) is 0. The van der Waals surface area contributed by atoms with Gasteiger partial charge in [-0.3, -0.25) is 4.79 Å². The number of amides is 1. The van der Waals surface area contributed by atoms with Crippen molar-refractivity contribution in [1.29, 1.82) is 0 Å². The maximum atomic E-state index is 10.7. The average Bonchev–Trinajstić information content (AvgIpc) is 1.94. The summed E-state index contributed by atoms with van der Waals surface area (Å²) in [5.41, 5.74) is 0. The second-order valence-electron chi connectivity index (χ2n) is 3.07. The third-order valence-electron chi connectivity index (χ3n) is 2.22. The summed E-state index contributed by atoms with van der Waals surface area (Å²) in [6, 6.07) is 0. The molecule has 1 aliphatic carbocycles. The highest BCUT2D eigenvalue weighted by Crippen LogP contribution is 2.28. The molecule has 3 heteroatoms. The molecule has 64 valence electrons. The number of carbonyl (C=O) groups excluding carboxylic acids is 1. The van der Waals surface area contributed by atoms with E-state index in [0.717, 1.165) is 12.5 Å². The van der Waals surface area contributed by atoms with E-state index in [9.17, 15) is 4.79 Å². The molecule has 1 fully saturated rings. The first-order chi connectivity index (χ1) is 5.33. The Hall–Kier alpha value is -0.0500. The first-order valence-electron chi connectivity index (χ1n) is 4.15. The van der Waals surface area contributed by atoms with E-state index in [2.05, 4.69) is 21.2 Å². The van der Waals surface area contributed by atoms with Gasteiger partial charge in [0, 0.05) is 6.54 Å². The third-order valence-corrected chi connectivity index (χ3v) is 2.73. The van der Waals surface area contributed by atoms with Gasteiger partial charge in [0.2, 0.25) is 5.91 Å². The third kappa shape index (κ3) is 3.23. The molecule has 1 saturated carbocycles. The van der Waals surface area contributed by atoms with Crippen LogP contribution in [0.15, 0.2) is 0 Å². The molecule has 2 nitrogen and oxygen atoms in total. The number of nitrogens with one attached hydrogen (secondary N) is 1. The first-order valence-corrected chi connectivity index (χ1v) is 5.27. The minimum absolute atomic E-state index is 0.101. The lowest BCUT2D eigenvalue weighted by Crippen LogP contribution is -2.27. The molecule has 11 heavy (non-hydrogen) atoms. The lowest BCUT2D eigenvalue weighted by atomic mass is 9.83. The summed E-state index contributed by atoms with van der Waals surface area (Å²) >= 11 is 3.10. The van der Waals surface area contributed by atoms with Gasteiger partial charge in [0.05, 0.1) is 5.33 Å². The van der Waals surface area contributed by atoms with Gasteiger partial charge >= 0.3 is 0 Å². The second kappa shape index (κ2) is 4.75. The van der Waals surface area contributed by atoms with Gasteiger partial charge in [-0.2, -0.15) is 0 Å². The molecule has 1 amide bonds. The van der Waals surface area contributed by atoms with Crippen LogP contribution in [0.1, 0.15) is 25.7 Å². The average molecular weight is 220 g/mol. The maximum absolute atomic E-state index is 10.7. The van der Waals surface area contributed by atoms with Crippen LogP contribution in [0, 0.1) is 5.92 Å². The molecule has 1 N–H and O–H groups in total. The van der Waals surface area contributed by atoms with E-state index in [1.807, 2.05) is 0 Å². The minimum Gasteiger partial charge on any atom is -0.355 e. The van der Waals surface area contributed by atoms with E-state index in [-0.39, 0.29) is 5.91 Å². The Morgan fingerprint density at radius 2 is 2.27 bits per heavy atom. The molecule has 1 rings (SSSR count). The molecular weight excluding hydrogens is 206 g/mol. The van der Waals surface area contributed by atoms with Gasteiger partial charge in [-0.25, -0.2) is 0 Å². The highest BCUT2D eigenvalue weighted by molar-refractivity contribution is 9.09. The van der Waals surface area contributed by atoms with Gasteiger partial charge in [0.1, 0.15) is 0 Å². The second-order valence-corrected chi connectivity index (χ2v) is 3.63. The predicted molar refractivity (Wildman–Crippen MR) is 48.8 cm³/mol. The summed E-state index contributed by atoms with van der Waals surface area (Å²) in [4.78, 5) is 10.7. The van der Waals surface area contributed by atoms with Crippen LogP contribution < -0.4 is 5.32 Å². The van der Waals surface area contributed by atoms with E-state index in [4.69, 9.17) is 0 Å². The Bertz CT molecular complexity index is 134. The summed E-state index contributed by atoms with van der Waals surface area (Å²) in [5.74, 6) is 0.995. The molecule has 1 aliphatic rings. The Morgan fingerprint density at radius 3 is 2.73 bits per heavy atom. The Morgan fingerprint density at radius 1 is 1.55 bits per heavy atom. The van der Waals surface area contributed by atoms with Gasteiger partial charge in [-0.1, -0.05) is 35.2 Å². The van der Waals surface area contributed by atoms with Crippen LogP contribution in [0.4, 0.5) is 0 Å². The summed E-state index contributed by atoms with van der Waals surface area (Å²) in [6.45, 7) is 0.856. The van der Waals surface area contributed by atoms with Crippen molar-refractivity contribution in [3.05, 3.63) is 0 Å². The lowest BCUT2D eigenvalue weighted by molar-refractivity contribution is -0.118. The van der Waals surface area contributed by atoms with E-state index in [1.54, 1.807) is 0 Å². The zero-order valence-corrected chi connectivity index (χ0v) is 8.19. The number of halogens is 1. The van der Waals surface area contributed by atoms with Gasteiger partial charge in [0.15, 0.2) is 0 Å². The normalized spacial score (nSPS) is 17.5. The van der Waals surface area contributed by atoms with Gasteiger partial charge < -0.3 is 5.32 Å². The molecular formula is C8H14BrNO. The number of alkyl halides is 1. The summed E-state index contributed by atoms with van der Waals surface area (Å²) in [5, 5.41) is 3.27. The fourth-order valence-electron chi connectivity index (χ4n) is 1.24. The van der Waals surface area contributed by atoms with Crippen molar-refractivity contribution in [2.24, 2.45) is 5.92 Å². The van der Waals surface area contributed by atoms with Crippen LogP contribution in [0.3, 0.4) is 0 Å². The van der Waals surface area contributed by atoms with E-state index in [1.165, 1.54) is 25.7 Å². The molecule has 0 unspecified atom stereocenters. The standard InChI is InChI=1S/C8H14BrNO/c9-6-8(11)10-5-4-7-2-1-3-7/h7H,1-6H2,(H,10,11). The van der Waals surface area contributed by atoms with Crippen LogP contribution in [0.25, 0.3) is 0 Å². The molecule has 0 bridgehead atoms. The number of hydrogen-bond donors (Lipinski definition) is 1. The number of hydrogen-bond acceptors (Lipinski definition) is 1. The van der Waals surface area contributed by atoms with Crippen molar-refractivity contribution in [2.75, 3.05) is 11.9 Å². The highest BCUT2D eigenvalue weighted by atomic mass is 79.9. The van der Waals surface area contributed by atoms with Crippen molar-refractivity contribution >= 4 is 21.8 Å². The number of carbonyl (C=O) groups is 1. The first kappa shape index (κ1) is 9.04. The Balaban J connectivity index is 1.90. The Kier molecular flexibility index (Phi) is 3.91. The van der Waals surface area contributed by atoms with E-state index < -0.39 is 0 Å². The minimum atomic E-state index is 0.101. The molecule has 0 aliphatic heterocycles. The molecule has 0 spiro atoms. The van der Waals surface area contributed by atoms with Crippen molar-refractivity contribution < 1.29 is 4.79 Å². The summed E-state index contributed by atoms with van der Waals surface area (Å²) < 4.78 is 0. The van der Waals surface area contributed by atoms with Crippen molar-refractivity contribution in [2.45, 2.75) is 25.7 Å². The molecule has 0 aromatic carbocycles. The van der Waals surface area contributed by atoms with Crippen LogP contribution in [-0.2, 0) is 4.79 Å². The quantitative estimate of drug-likeness (QED) is 0.717. The molecule has 0 radical (unpaired) electrons. The zero-order chi connectivity index (χ0) is 8.10. The van der Waals surface area contributed by atoms with Crippen LogP contribution >= 0.6 is 15.9 Å². The fraction of sp³-hybridized carbons (Fsp3) is 0.875. The van der Waals surface area contributed by atoms with Crippen molar-refractivity contribution in [3.63, 3.8) is 0 Å². The SMILES string of the molecule is O=C(CBr)NCCC1CCC1. The smallest absolute Gasteiger partial charge is 0.230 e. The largest absolute Gasteiger partial charge is 0.355 e. The topological polar surface area (TPSA) is 29.1 Å². The maximum Gasteiger partial charge on any atom is 0.230 e. The van der Waals surface area contributed by atoms with Crippen LogP contribution in [0.2, 0.25) is 0 Å². The van der Waals surface area contributed by atoms with Gasteiger partial charge in [-0.05, 0) is 12.3 Å². The van der Waals surface area contributed by atoms with E-state index in [0.29, 0.717) is 5.33 Å². The molecule has 0 aromatic heterocycles. The highest BCUT2D eigenvalue weighted by Gasteiger charge is 2.16. The molecule has 0 aromatic rings.